The van der Waals surface area contributed by atoms with Crippen LogP contribution in [0.25, 0.3) is 0 Å². The summed E-state index contributed by atoms with van der Waals surface area (Å²) in [7, 11) is 1.30. The zero-order chi connectivity index (χ0) is 16.2. The van der Waals surface area contributed by atoms with E-state index in [4.69, 9.17) is 9.47 Å². The fourth-order valence-corrected chi connectivity index (χ4v) is 2.01. The molecule has 6 heteroatoms. The van der Waals surface area contributed by atoms with Gasteiger partial charge < -0.3 is 19.5 Å². The van der Waals surface area contributed by atoms with Gasteiger partial charge in [0.2, 0.25) is 12.7 Å². The van der Waals surface area contributed by atoms with Crippen LogP contribution in [0.2, 0.25) is 0 Å². The summed E-state index contributed by atoms with van der Waals surface area (Å²) in [4.78, 5) is 23.3. The number of carbonyl (C=O) groups is 2. The highest BCUT2D eigenvalue weighted by Crippen LogP contribution is 2.36. The van der Waals surface area contributed by atoms with Crippen LogP contribution in [-0.4, -0.2) is 32.3 Å². The summed E-state index contributed by atoms with van der Waals surface area (Å²) in [6.45, 7) is 4.10. The molecule has 0 bridgehead atoms. The molecule has 6 nitrogen and oxygen atoms in total. The van der Waals surface area contributed by atoms with Crippen LogP contribution in [0, 0.1) is 0 Å². The number of ether oxygens (including phenoxy) is 3. The fraction of sp³-hybridized carbons (Fsp3) is 0.375. The summed E-state index contributed by atoms with van der Waals surface area (Å²) >= 11 is 0. The van der Waals surface area contributed by atoms with Crippen molar-refractivity contribution in [2.75, 3.05) is 20.4 Å². The van der Waals surface area contributed by atoms with Gasteiger partial charge in [-0.25, -0.2) is 4.79 Å². The van der Waals surface area contributed by atoms with Gasteiger partial charge >= 0.3 is 5.97 Å². The van der Waals surface area contributed by atoms with Crippen molar-refractivity contribution in [2.24, 2.45) is 0 Å². The van der Waals surface area contributed by atoms with Crippen LogP contribution in [0.5, 0.6) is 11.5 Å². The van der Waals surface area contributed by atoms with E-state index < -0.39 is 11.4 Å². The van der Waals surface area contributed by atoms with Crippen LogP contribution in [-0.2, 0) is 19.7 Å². The third kappa shape index (κ3) is 3.39. The Labute approximate surface area is 129 Å². The molecule has 1 amide bonds. The molecule has 1 aromatic rings. The summed E-state index contributed by atoms with van der Waals surface area (Å²) in [5.74, 6) is 0.718. The van der Waals surface area contributed by atoms with Gasteiger partial charge in [-0.3, -0.25) is 4.79 Å². The van der Waals surface area contributed by atoms with Crippen LogP contribution < -0.4 is 14.8 Å². The average Bonchev–Trinajstić information content (AvgIpc) is 2.98. The van der Waals surface area contributed by atoms with Crippen molar-refractivity contribution >= 4 is 11.9 Å². The zero-order valence-corrected chi connectivity index (χ0v) is 12.8. The summed E-state index contributed by atoms with van der Waals surface area (Å²) in [6, 6.07) is 5.45. The molecule has 0 aromatic heterocycles. The van der Waals surface area contributed by atoms with Gasteiger partial charge in [-0.2, -0.15) is 0 Å². The van der Waals surface area contributed by atoms with Crippen molar-refractivity contribution in [3.8, 4) is 11.5 Å². The smallest absolute Gasteiger partial charge is 0.330 e. The molecule has 0 atom stereocenters. The third-order valence-electron chi connectivity index (χ3n) is 3.50. The highest BCUT2D eigenvalue weighted by atomic mass is 16.7. The molecule has 0 fully saturated rings. The lowest BCUT2D eigenvalue weighted by Crippen LogP contribution is -2.40. The van der Waals surface area contributed by atoms with Crippen molar-refractivity contribution in [3.63, 3.8) is 0 Å². The van der Waals surface area contributed by atoms with Gasteiger partial charge in [0.05, 0.1) is 12.5 Å². The second kappa shape index (κ2) is 6.51. The predicted octanol–water partition coefficient (Wildman–Crippen LogP) is 1.54. The summed E-state index contributed by atoms with van der Waals surface area (Å²) in [5, 5.41) is 2.76. The maximum atomic E-state index is 12.3. The van der Waals surface area contributed by atoms with E-state index in [1.54, 1.807) is 12.1 Å². The highest BCUT2D eigenvalue weighted by Gasteiger charge is 2.31. The second-order valence-electron chi connectivity index (χ2n) is 5.33. The number of nitrogens with one attached hydrogen (secondary N) is 1. The average molecular weight is 305 g/mol. The van der Waals surface area contributed by atoms with Crippen LogP contribution >= 0.6 is 0 Å². The minimum atomic E-state index is -0.736. The van der Waals surface area contributed by atoms with Gasteiger partial charge in [0, 0.05) is 12.6 Å². The quantitative estimate of drug-likeness (QED) is 0.660. The van der Waals surface area contributed by atoms with Crippen LogP contribution in [0.1, 0.15) is 19.4 Å². The minimum absolute atomic E-state index is 0.152. The standard InChI is InChI=1S/C16H19NO5/c1-16(2,15(19)17-8-4-5-14(18)20-3)11-6-7-12-13(9-11)22-10-21-12/h4-7,9H,8,10H2,1-3H3,(H,17,19)/b5-4+. The molecule has 1 aliphatic heterocycles. The van der Waals surface area contributed by atoms with Crippen LogP contribution in [0.3, 0.4) is 0 Å². The van der Waals surface area contributed by atoms with Gasteiger partial charge in [-0.05, 0) is 31.5 Å². The first kappa shape index (κ1) is 15.9. The van der Waals surface area contributed by atoms with E-state index >= 15 is 0 Å². The van der Waals surface area contributed by atoms with E-state index in [1.807, 2.05) is 26.0 Å². The van der Waals surface area contributed by atoms with E-state index in [2.05, 4.69) is 10.1 Å². The molecule has 0 unspecified atom stereocenters. The largest absolute Gasteiger partial charge is 0.466 e. The van der Waals surface area contributed by atoms with Crippen LogP contribution in [0.15, 0.2) is 30.4 Å². The minimum Gasteiger partial charge on any atom is -0.466 e. The number of amides is 1. The number of benzene rings is 1. The highest BCUT2D eigenvalue weighted by molar-refractivity contribution is 5.88. The fourth-order valence-electron chi connectivity index (χ4n) is 2.01. The molecule has 2 rings (SSSR count). The van der Waals surface area contributed by atoms with Gasteiger partial charge in [0.25, 0.3) is 0 Å². The Hall–Kier alpha value is -2.50. The van der Waals surface area contributed by atoms with E-state index in [-0.39, 0.29) is 19.2 Å². The second-order valence-corrected chi connectivity index (χ2v) is 5.33. The van der Waals surface area contributed by atoms with Crippen molar-refractivity contribution in [2.45, 2.75) is 19.3 Å². The molecule has 22 heavy (non-hydrogen) atoms. The summed E-state index contributed by atoms with van der Waals surface area (Å²) in [6.07, 6.45) is 2.81. The molecule has 1 aliphatic rings. The zero-order valence-electron chi connectivity index (χ0n) is 12.8. The first-order valence-corrected chi connectivity index (χ1v) is 6.88. The molecule has 1 heterocycles. The Balaban J connectivity index is 2.01. The number of rotatable bonds is 5. The van der Waals surface area contributed by atoms with Gasteiger partial charge in [-0.1, -0.05) is 12.1 Å². The van der Waals surface area contributed by atoms with Crippen LogP contribution in [0.4, 0.5) is 0 Å². The van der Waals surface area contributed by atoms with Gasteiger partial charge in [-0.15, -0.1) is 0 Å². The monoisotopic (exact) mass is 305 g/mol. The first-order chi connectivity index (χ1) is 10.4. The van der Waals surface area contributed by atoms with Crippen molar-refractivity contribution in [1.82, 2.24) is 5.32 Å². The maximum Gasteiger partial charge on any atom is 0.330 e. The number of fused-ring (bicyclic) bond motifs is 1. The lowest BCUT2D eigenvalue weighted by atomic mass is 9.83. The molecule has 0 saturated heterocycles. The van der Waals surface area contributed by atoms with E-state index in [9.17, 15) is 9.59 Å². The molecule has 1 aromatic carbocycles. The number of esters is 1. The number of hydrogen-bond donors (Lipinski definition) is 1. The molecular weight excluding hydrogens is 286 g/mol. The molecule has 0 saturated carbocycles. The van der Waals surface area contributed by atoms with Gasteiger partial charge in [0.1, 0.15) is 0 Å². The molecule has 0 aliphatic carbocycles. The summed E-state index contributed by atoms with van der Waals surface area (Å²) < 4.78 is 15.1. The predicted molar refractivity (Wildman–Crippen MR) is 79.8 cm³/mol. The number of methoxy groups -OCH3 is 1. The lowest BCUT2D eigenvalue weighted by molar-refractivity contribution is -0.135. The van der Waals surface area contributed by atoms with Crippen molar-refractivity contribution in [3.05, 3.63) is 35.9 Å². The molecule has 118 valence electrons. The molecular formula is C16H19NO5. The van der Waals surface area contributed by atoms with E-state index in [1.165, 1.54) is 13.2 Å². The Kier molecular flexibility index (Phi) is 4.70. The molecule has 1 N–H and O–H groups in total. The van der Waals surface area contributed by atoms with E-state index in [0.29, 0.717) is 11.5 Å². The summed E-state index contributed by atoms with van der Waals surface area (Å²) in [5.41, 5.74) is 0.0892. The number of carbonyl (C=O) groups excluding carboxylic acids is 2. The van der Waals surface area contributed by atoms with Crippen molar-refractivity contribution < 1.29 is 23.8 Å². The van der Waals surface area contributed by atoms with E-state index in [0.717, 1.165) is 5.56 Å². The Morgan fingerprint density at radius 2 is 2.05 bits per heavy atom. The van der Waals surface area contributed by atoms with Gasteiger partial charge in [0.15, 0.2) is 11.5 Å². The SMILES string of the molecule is COC(=O)/C=C/CNC(=O)C(C)(C)c1ccc2c(c1)OCO2. The normalized spacial score (nSPS) is 13.2. The van der Waals surface area contributed by atoms with Crippen molar-refractivity contribution in [1.29, 1.82) is 0 Å². The first-order valence-electron chi connectivity index (χ1n) is 6.88. The molecule has 0 radical (unpaired) electrons. The third-order valence-corrected chi connectivity index (χ3v) is 3.50. The lowest BCUT2D eigenvalue weighted by Gasteiger charge is -2.24. The Morgan fingerprint density at radius 3 is 2.77 bits per heavy atom. The maximum absolute atomic E-state index is 12.3. The molecule has 0 spiro atoms. The Bertz CT molecular complexity index is 607. The Morgan fingerprint density at radius 1 is 1.32 bits per heavy atom. The topological polar surface area (TPSA) is 73.9 Å². The number of hydrogen-bond acceptors (Lipinski definition) is 5.